The molecule has 1 heterocycles. The third kappa shape index (κ3) is 3.73. The summed E-state index contributed by atoms with van der Waals surface area (Å²) in [4.78, 5) is 2.58. The molecule has 1 unspecified atom stereocenters. The molecule has 2 nitrogen and oxygen atoms in total. The molecule has 1 aromatic carbocycles. The summed E-state index contributed by atoms with van der Waals surface area (Å²) >= 11 is 0. The van der Waals surface area contributed by atoms with Crippen LogP contribution in [0.15, 0.2) is 18.2 Å². The summed E-state index contributed by atoms with van der Waals surface area (Å²) in [6.45, 7) is 7.73. The monoisotopic (exact) mass is 260 g/mol. The van der Waals surface area contributed by atoms with Gasteiger partial charge in [0.1, 0.15) is 0 Å². The van der Waals surface area contributed by atoms with E-state index in [0.717, 1.165) is 18.9 Å². The van der Waals surface area contributed by atoms with Crippen molar-refractivity contribution in [2.45, 2.75) is 46.0 Å². The first-order valence-corrected chi connectivity index (χ1v) is 7.79. The summed E-state index contributed by atoms with van der Waals surface area (Å²) in [5.74, 6) is 0.932. The van der Waals surface area contributed by atoms with Gasteiger partial charge in [-0.1, -0.05) is 25.5 Å². The van der Waals surface area contributed by atoms with Crippen molar-refractivity contribution in [3.05, 3.63) is 29.3 Å². The Labute approximate surface area is 118 Å². The number of hydrogen-bond acceptors (Lipinski definition) is 2. The molecule has 0 saturated carbocycles. The summed E-state index contributed by atoms with van der Waals surface area (Å²) in [7, 11) is 0. The van der Waals surface area contributed by atoms with Crippen LogP contribution in [0.3, 0.4) is 0 Å². The Hall–Kier alpha value is -1.02. The van der Waals surface area contributed by atoms with E-state index in [4.69, 9.17) is 5.73 Å². The average Bonchev–Trinajstić information content (AvgIpc) is 2.64. The predicted molar refractivity (Wildman–Crippen MR) is 83.8 cm³/mol. The Kier molecular flexibility index (Phi) is 5.26. The maximum absolute atomic E-state index is 5.63. The van der Waals surface area contributed by atoms with Gasteiger partial charge < -0.3 is 10.6 Å². The van der Waals surface area contributed by atoms with E-state index >= 15 is 0 Å². The zero-order valence-electron chi connectivity index (χ0n) is 12.5. The minimum Gasteiger partial charge on any atom is -0.371 e. The number of benzene rings is 1. The standard InChI is InChI=1S/C17H28N2/c1-3-15-5-4-11-19(12-9-15)17-7-6-16(8-10-18)13-14(17)2/h6-7,13,15H,3-5,8-12,18H2,1-2H3. The van der Waals surface area contributed by atoms with Crippen molar-refractivity contribution in [1.82, 2.24) is 0 Å². The van der Waals surface area contributed by atoms with E-state index in [1.165, 1.54) is 55.6 Å². The summed E-state index contributed by atoms with van der Waals surface area (Å²) in [6, 6.07) is 6.86. The van der Waals surface area contributed by atoms with Crippen LogP contribution in [-0.2, 0) is 6.42 Å². The Bertz CT molecular complexity index is 400. The van der Waals surface area contributed by atoms with E-state index in [1.54, 1.807) is 0 Å². The second-order valence-electron chi connectivity index (χ2n) is 5.85. The summed E-state index contributed by atoms with van der Waals surface area (Å²) in [6.07, 6.45) is 6.40. The van der Waals surface area contributed by atoms with E-state index in [9.17, 15) is 0 Å². The molecule has 1 aliphatic heterocycles. The number of rotatable bonds is 4. The molecule has 0 aromatic heterocycles. The van der Waals surface area contributed by atoms with Gasteiger partial charge in [-0.2, -0.15) is 0 Å². The first-order valence-electron chi connectivity index (χ1n) is 7.79. The largest absolute Gasteiger partial charge is 0.371 e. The van der Waals surface area contributed by atoms with Gasteiger partial charge in [0.25, 0.3) is 0 Å². The lowest BCUT2D eigenvalue weighted by Gasteiger charge is -2.25. The van der Waals surface area contributed by atoms with Crippen LogP contribution in [0.4, 0.5) is 5.69 Å². The van der Waals surface area contributed by atoms with Gasteiger partial charge in [-0.3, -0.25) is 0 Å². The highest BCUT2D eigenvalue weighted by Crippen LogP contribution is 2.27. The Morgan fingerprint density at radius 1 is 1.26 bits per heavy atom. The van der Waals surface area contributed by atoms with Crippen LogP contribution in [-0.4, -0.2) is 19.6 Å². The fraction of sp³-hybridized carbons (Fsp3) is 0.647. The fourth-order valence-electron chi connectivity index (χ4n) is 3.21. The minimum absolute atomic E-state index is 0.737. The molecule has 106 valence electrons. The van der Waals surface area contributed by atoms with Crippen LogP contribution < -0.4 is 10.6 Å². The maximum Gasteiger partial charge on any atom is 0.0396 e. The highest BCUT2D eigenvalue weighted by molar-refractivity contribution is 5.54. The van der Waals surface area contributed by atoms with Crippen LogP contribution in [0.2, 0.25) is 0 Å². The molecule has 0 amide bonds. The van der Waals surface area contributed by atoms with Crippen molar-refractivity contribution in [2.24, 2.45) is 11.7 Å². The van der Waals surface area contributed by atoms with Crippen molar-refractivity contribution in [3.8, 4) is 0 Å². The van der Waals surface area contributed by atoms with E-state index in [1.807, 2.05) is 0 Å². The maximum atomic E-state index is 5.63. The highest BCUT2D eigenvalue weighted by Gasteiger charge is 2.17. The first-order chi connectivity index (χ1) is 9.24. The lowest BCUT2D eigenvalue weighted by molar-refractivity contribution is 0.459. The molecule has 2 heteroatoms. The van der Waals surface area contributed by atoms with Crippen LogP contribution >= 0.6 is 0 Å². The molecule has 1 aromatic rings. The van der Waals surface area contributed by atoms with Crippen LogP contribution in [0, 0.1) is 12.8 Å². The van der Waals surface area contributed by atoms with Crippen molar-refractivity contribution in [3.63, 3.8) is 0 Å². The molecule has 1 saturated heterocycles. The summed E-state index contributed by atoms with van der Waals surface area (Å²) < 4.78 is 0. The minimum atomic E-state index is 0.737. The number of hydrogen-bond donors (Lipinski definition) is 1. The number of nitrogens with zero attached hydrogens (tertiary/aromatic N) is 1. The molecule has 1 atom stereocenters. The summed E-state index contributed by atoms with van der Waals surface area (Å²) in [5, 5.41) is 0. The molecule has 2 rings (SSSR count). The molecule has 0 radical (unpaired) electrons. The Morgan fingerprint density at radius 3 is 2.79 bits per heavy atom. The molecule has 2 N–H and O–H groups in total. The zero-order chi connectivity index (χ0) is 13.7. The molecule has 0 spiro atoms. The van der Waals surface area contributed by atoms with E-state index in [2.05, 4.69) is 36.9 Å². The van der Waals surface area contributed by atoms with Crippen LogP contribution in [0.5, 0.6) is 0 Å². The fourth-order valence-corrected chi connectivity index (χ4v) is 3.21. The smallest absolute Gasteiger partial charge is 0.0396 e. The van der Waals surface area contributed by atoms with Gasteiger partial charge in [-0.05, 0) is 62.3 Å². The quantitative estimate of drug-likeness (QED) is 0.897. The molecule has 1 aliphatic rings. The van der Waals surface area contributed by atoms with E-state index in [0.29, 0.717) is 0 Å². The predicted octanol–water partition coefficient (Wildman–Crippen LogP) is 3.51. The van der Waals surface area contributed by atoms with Crippen LogP contribution in [0.1, 0.15) is 43.7 Å². The van der Waals surface area contributed by atoms with E-state index < -0.39 is 0 Å². The molecule has 0 bridgehead atoms. The van der Waals surface area contributed by atoms with Crippen molar-refractivity contribution in [1.29, 1.82) is 0 Å². The molecular weight excluding hydrogens is 232 g/mol. The Morgan fingerprint density at radius 2 is 2.11 bits per heavy atom. The third-order valence-corrected chi connectivity index (χ3v) is 4.46. The normalized spacial score (nSPS) is 20.4. The molecular formula is C17H28N2. The number of aryl methyl sites for hydroxylation is 1. The zero-order valence-corrected chi connectivity index (χ0v) is 12.5. The second kappa shape index (κ2) is 6.95. The van der Waals surface area contributed by atoms with E-state index in [-0.39, 0.29) is 0 Å². The highest BCUT2D eigenvalue weighted by atomic mass is 15.1. The number of anilines is 1. The van der Waals surface area contributed by atoms with Gasteiger partial charge >= 0.3 is 0 Å². The molecule has 19 heavy (non-hydrogen) atoms. The second-order valence-corrected chi connectivity index (χ2v) is 5.85. The third-order valence-electron chi connectivity index (χ3n) is 4.46. The lowest BCUT2D eigenvalue weighted by Crippen LogP contribution is -2.25. The van der Waals surface area contributed by atoms with Crippen molar-refractivity contribution < 1.29 is 0 Å². The molecule has 1 fully saturated rings. The SMILES string of the molecule is CCC1CCCN(c2ccc(CCN)cc2C)CC1. The lowest BCUT2D eigenvalue weighted by atomic mass is 9.98. The molecule has 0 aliphatic carbocycles. The van der Waals surface area contributed by atoms with Gasteiger partial charge in [-0.25, -0.2) is 0 Å². The van der Waals surface area contributed by atoms with Gasteiger partial charge in [-0.15, -0.1) is 0 Å². The topological polar surface area (TPSA) is 29.3 Å². The first kappa shape index (κ1) is 14.4. The average molecular weight is 260 g/mol. The van der Waals surface area contributed by atoms with Crippen LogP contribution in [0.25, 0.3) is 0 Å². The van der Waals surface area contributed by atoms with Gasteiger partial charge in [0.2, 0.25) is 0 Å². The Balaban J connectivity index is 2.08. The van der Waals surface area contributed by atoms with Crippen molar-refractivity contribution in [2.75, 3.05) is 24.5 Å². The summed E-state index contributed by atoms with van der Waals surface area (Å²) in [5.41, 5.74) is 9.83. The van der Waals surface area contributed by atoms with Gasteiger partial charge in [0.15, 0.2) is 0 Å². The van der Waals surface area contributed by atoms with Gasteiger partial charge in [0, 0.05) is 18.8 Å². The number of nitrogens with two attached hydrogens (primary N) is 1. The van der Waals surface area contributed by atoms with Crippen molar-refractivity contribution >= 4 is 5.69 Å². The van der Waals surface area contributed by atoms with Gasteiger partial charge in [0.05, 0.1) is 0 Å².